The molecule has 2 aliphatic heterocycles. The zero-order valence-electron chi connectivity index (χ0n) is 32.3. The predicted octanol–water partition coefficient (Wildman–Crippen LogP) is 4.63. The van der Waals surface area contributed by atoms with Crippen molar-refractivity contribution in [2.45, 2.75) is 129 Å². The summed E-state index contributed by atoms with van der Waals surface area (Å²) in [7, 11) is 0. The van der Waals surface area contributed by atoms with Crippen molar-refractivity contribution in [2.75, 3.05) is 6.54 Å². The van der Waals surface area contributed by atoms with E-state index in [1.807, 2.05) is 0 Å². The number of halogens is 7. The molecule has 2 aromatic rings. The fraction of sp³-hybridized carbons (Fsp3) is 0.658. The SMILES string of the molecule is CC(C)C(N)C(=O)C1(C(=O)NC(C(=O)N2CCCC2C(=O)NC(CC(=O)C2CCc3nnc(C(F)(F)F)n3C2)Cc2cc(F)c(F)cc2F)C(C)C)CCCC1.Cl. The van der Waals surface area contributed by atoms with Gasteiger partial charge >= 0.3 is 6.18 Å². The van der Waals surface area contributed by atoms with Crippen LogP contribution in [0.3, 0.4) is 0 Å². The molecule has 12 nitrogen and oxygen atoms in total. The minimum absolute atomic E-state index is 0. The van der Waals surface area contributed by atoms with Crippen LogP contribution in [-0.2, 0) is 49.5 Å². The van der Waals surface area contributed by atoms with E-state index in [0.717, 1.165) is 4.57 Å². The van der Waals surface area contributed by atoms with Gasteiger partial charge < -0.3 is 25.8 Å². The zero-order chi connectivity index (χ0) is 41.3. The van der Waals surface area contributed by atoms with E-state index in [0.29, 0.717) is 31.4 Å². The smallest absolute Gasteiger partial charge is 0.351 e. The highest BCUT2D eigenvalue weighted by atomic mass is 35.5. The minimum Gasteiger partial charge on any atom is -0.351 e. The normalized spacial score (nSPS) is 20.8. The Kier molecular flexibility index (Phi) is 14.6. The Balaban J connectivity index is 0.00000720. The number of hydrogen-bond donors (Lipinski definition) is 3. The van der Waals surface area contributed by atoms with Gasteiger partial charge in [-0.2, -0.15) is 13.2 Å². The third kappa shape index (κ3) is 9.81. The van der Waals surface area contributed by atoms with E-state index in [1.165, 1.54) is 4.90 Å². The van der Waals surface area contributed by atoms with Crippen LogP contribution in [0.4, 0.5) is 26.3 Å². The number of carbonyl (C=O) groups is 5. The number of Topliss-reactive ketones (excluding diaryl/α,β-unsaturated/α-hetero) is 2. The van der Waals surface area contributed by atoms with Gasteiger partial charge in [0.2, 0.25) is 23.5 Å². The van der Waals surface area contributed by atoms with Gasteiger partial charge in [0.05, 0.1) is 6.04 Å². The molecule has 0 bridgehead atoms. The van der Waals surface area contributed by atoms with E-state index in [4.69, 9.17) is 5.73 Å². The molecule has 316 valence electrons. The van der Waals surface area contributed by atoms with Crippen molar-refractivity contribution in [3.05, 3.63) is 46.8 Å². The number of rotatable bonds is 14. The quantitative estimate of drug-likeness (QED) is 0.141. The summed E-state index contributed by atoms with van der Waals surface area (Å²) in [5.74, 6) is -9.67. The number of nitrogens with zero attached hydrogens (tertiary/aromatic N) is 4. The van der Waals surface area contributed by atoms with Crippen LogP contribution < -0.4 is 16.4 Å². The number of aryl methyl sites for hydroxylation is 1. The number of ketones is 2. The molecule has 2 fully saturated rings. The topological polar surface area (TPSA) is 169 Å². The van der Waals surface area contributed by atoms with E-state index >= 15 is 0 Å². The maximum atomic E-state index is 14.9. The number of benzene rings is 1. The van der Waals surface area contributed by atoms with Gasteiger partial charge in [0.25, 0.3) is 0 Å². The molecule has 0 spiro atoms. The number of nitrogens with two attached hydrogens (primary N) is 1. The lowest BCUT2D eigenvalue weighted by Gasteiger charge is -2.35. The number of amides is 3. The highest BCUT2D eigenvalue weighted by molar-refractivity contribution is 6.09. The molecule has 5 unspecified atom stereocenters. The summed E-state index contributed by atoms with van der Waals surface area (Å²) in [6.45, 7) is 6.73. The van der Waals surface area contributed by atoms with Gasteiger partial charge in [-0.05, 0) is 62.0 Å². The number of carbonyl (C=O) groups excluding carboxylic acids is 5. The van der Waals surface area contributed by atoms with E-state index in [9.17, 15) is 50.3 Å². The van der Waals surface area contributed by atoms with E-state index in [1.54, 1.807) is 27.7 Å². The Labute approximate surface area is 332 Å². The highest BCUT2D eigenvalue weighted by Crippen LogP contribution is 2.41. The third-order valence-corrected chi connectivity index (χ3v) is 11.4. The molecule has 1 aliphatic carbocycles. The molecule has 5 atom stereocenters. The Morgan fingerprint density at radius 3 is 2.18 bits per heavy atom. The Morgan fingerprint density at radius 1 is 0.912 bits per heavy atom. The predicted molar refractivity (Wildman–Crippen MR) is 196 cm³/mol. The molecule has 1 saturated heterocycles. The van der Waals surface area contributed by atoms with Gasteiger partial charge in [-0.15, -0.1) is 22.6 Å². The lowest BCUT2D eigenvalue weighted by atomic mass is 9.75. The second-order valence-electron chi connectivity index (χ2n) is 16.0. The molecule has 4 N–H and O–H groups in total. The minimum atomic E-state index is -4.82. The molecule has 19 heteroatoms. The number of fused-ring (bicyclic) bond motifs is 1. The lowest BCUT2D eigenvalue weighted by molar-refractivity contribution is -0.149. The third-order valence-electron chi connectivity index (χ3n) is 11.4. The molecule has 0 radical (unpaired) electrons. The number of hydrogen-bond acceptors (Lipinski definition) is 8. The molecule has 3 heterocycles. The molecule has 3 amide bonds. The summed E-state index contributed by atoms with van der Waals surface area (Å²) < 4.78 is 84.5. The van der Waals surface area contributed by atoms with E-state index in [-0.39, 0.29) is 80.7 Å². The van der Waals surface area contributed by atoms with Crippen LogP contribution in [-0.4, -0.2) is 79.7 Å². The number of nitrogens with one attached hydrogen (secondary N) is 2. The average molecular weight is 834 g/mol. The standard InChI is InChI=1S/C38H49F6N7O5.ClH/c1-19(2)30(45)32(53)37(11-5-6-12-37)36(56)47-31(20(3)4)34(55)50-13-7-8-27(50)33(54)46-23(14-22-15-25(40)26(41)17-24(22)39)16-28(52)21-9-10-29-48-49-35(38(42,43)44)51(29)18-21;/h15,17,19-21,23,27,30-31H,5-14,16,18,45H2,1-4H3,(H,46,54)(H,47,56);1H. The summed E-state index contributed by atoms with van der Waals surface area (Å²) in [5.41, 5.74) is 4.46. The van der Waals surface area contributed by atoms with Gasteiger partial charge in [0, 0.05) is 44.0 Å². The second-order valence-corrected chi connectivity index (χ2v) is 16.0. The van der Waals surface area contributed by atoms with Crippen LogP contribution in [0, 0.1) is 40.6 Å². The van der Waals surface area contributed by atoms with Crippen LogP contribution in [0.2, 0.25) is 0 Å². The van der Waals surface area contributed by atoms with Crippen molar-refractivity contribution in [3.63, 3.8) is 0 Å². The van der Waals surface area contributed by atoms with Crippen LogP contribution in [0.5, 0.6) is 0 Å². The molecule has 1 saturated carbocycles. The van der Waals surface area contributed by atoms with Gasteiger partial charge in [-0.1, -0.05) is 40.5 Å². The molecule has 1 aromatic heterocycles. The highest BCUT2D eigenvalue weighted by Gasteiger charge is 2.51. The van der Waals surface area contributed by atoms with Crippen molar-refractivity contribution in [2.24, 2.45) is 28.9 Å². The van der Waals surface area contributed by atoms with E-state index in [2.05, 4.69) is 20.8 Å². The first-order chi connectivity index (χ1) is 26.2. The van der Waals surface area contributed by atoms with E-state index < -0.39 is 107 Å². The first-order valence-corrected chi connectivity index (χ1v) is 19.1. The summed E-state index contributed by atoms with van der Waals surface area (Å²) in [4.78, 5) is 70.6. The summed E-state index contributed by atoms with van der Waals surface area (Å²) >= 11 is 0. The van der Waals surface area contributed by atoms with Crippen molar-refractivity contribution >= 4 is 41.7 Å². The van der Waals surface area contributed by atoms with Crippen LogP contribution >= 0.6 is 12.4 Å². The number of aromatic nitrogens is 3. The molecular weight excluding hydrogens is 784 g/mol. The first-order valence-electron chi connectivity index (χ1n) is 19.1. The van der Waals surface area contributed by atoms with Gasteiger partial charge in [0.1, 0.15) is 34.9 Å². The average Bonchev–Trinajstić information content (AvgIpc) is 3.92. The second kappa shape index (κ2) is 18.2. The van der Waals surface area contributed by atoms with Crippen LogP contribution in [0.15, 0.2) is 12.1 Å². The van der Waals surface area contributed by atoms with Gasteiger partial charge in [-0.3, -0.25) is 24.0 Å². The van der Waals surface area contributed by atoms with Crippen molar-refractivity contribution in [3.8, 4) is 0 Å². The maximum Gasteiger partial charge on any atom is 0.451 e. The molecule has 3 aliphatic rings. The Morgan fingerprint density at radius 2 is 1.56 bits per heavy atom. The largest absolute Gasteiger partial charge is 0.451 e. The fourth-order valence-corrected chi connectivity index (χ4v) is 8.13. The first kappa shape index (κ1) is 45.6. The summed E-state index contributed by atoms with van der Waals surface area (Å²) in [6.07, 6.45) is -3.27. The molecular formula is C38H50ClF6N7O5. The van der Waals surface area contributed by atoms with Crippen molar-refractivity contribution in [1.82, 2.24) is 30.3 Å². The Bertz CT molecular complexity index is 1830. The molecule has 57 heavy (non-hydrogen) atoms. The molecule has 5 rings (SSSR count). The van der Waals surface area contributed by atoms with Crippen molar-refractivity contribution in [1.29, 1.82) is 0 Å². The van der Waals surface area contributed by atoms with Crippen molar-refractivity contribution < 1.29 is 50.3 Å². The van der Waals surface area contributed by atoms with Gasteiger partial charge in [-0.25, -0.2) is 13.2 Å². The number of alkyl halides is 3. The van der Waals surface area contributed by atoms with Crippen LogP contribution in [0.1, 0.15) is 96.3 Å². The van der Waals surface area contributed by atoms with Crippen LogP contribution in [0.25, 0.3) is 0 Å². The number of likely N-dealkylation sites (tertiary alicyclic amines) is 1. The molecule has 1 aromatic carbocycles. The summed E-state index contributed by atoms with van der Waals surface area (Å²) in [5, 5.41) is 12.3. The monoisotopic (exact) mass is 833 g/mol. The zero-order valence-corrected chi connectivity index (χ0v) is 33.1. The van der Waals surface area contributed by atoms with Gasteiger partial charge in [0.15, 0.2) is 17.4 Å². The Hall–Kier alpha value is -4.06. The maximum absolute atomic E-state index is 14.9. The fourth-order valence-electron chi connectivity index (χ4n) is 8.13. The lowest BCUT2D eigenvalue weighted by Crippen LogP contribution is -2.60. The summed E-state index contributed by atoms with van der Waals surface area (Å²) in [6, 6.07) is -3.42.